The maximum Gasteiger partial charge on any atom is 0.373 e. The smallest absolute Gasteiger partial charge is 0.373 e. The molecule has 0 saturated heterocycles. The van der Waals surface area contributed by atoms with Crippen LogP contribution in [0.1, 0.15) is 31.4 Å². The molecule has 1 aromatic rings. The summed E-state index contributed by atoms with van der Waals surface area (Å²) in [6, 6.07) is 8.03. The van der Waals surface area contributed by atoms with E-state index in [-0.39, 0.29) is 30.1 Å². The molecule has 0 radical (unpaired) electrons. The van der Waals surface area contributed by atoms with Crippen LogP contribution in [-0.2, 0) is 31.1 Å². The Balaban J connectivity index is 0.000000545. The summed E-state index contributed by atoms with van der Waals surface area (Å²) in [6.07, 6.45) is 1.36. The SMILES string of the molecule is CCOC(=O)[C@@H]1C2[C@@H](CC)C21c1ccc(CO)cc1.O=C=O. The molecule has 1 N–H and O–H groups in total. The van der Waals surface area contributed by atoms with Gasteiger partial charge in [0.1, 0.15) is 0 Å². The van der Waals surface area contributed by atoms with Crippen molar-refractivity contribution in [2.75, 3.05) is 6.61 Å². The van der Waals surface area contributed by atoms with Crippen LogP contribution in [0.3, 0.4) is 0 Å². The molecule has 1 aromatic carbocycles. The second-order valence-corrected chi connectivity index (χ2v) is 5.64. The molecule has 2 saturated carbocycles. The third-order valence-electron chi connectivity index (χ3n) is 4.87. The van der Waals surface area contributed by atoms with E-state index in [9.17, 15) is 4.79 Å². The van der Waals surface area contributed by atoms with E-state index in [2.05, 4.69) is 19.1 Å². The molecule has 0 spiro atoms. The maximum absolute atomic E-state index is 11.9. The van der Waals surface area contributed by atoms with Crippen molar-refractivity contribution in [2.45, 2.75) is 32.3 Å². The van der Waals surface area contributed by atoms with Crippen LogP contribution < -0.4 is 0 Å². The Morgan fingerprint density at radius 1 is 1.27 bits per heavy atom. The first kappa shape index (κ1) is 16.4. The molecule has 0 aromatic heterocycles. The molecule has 0 bridgehead atoms. The summed E-state index contributed by atoms with van der Waals surface area (Å²) in [6.45, 7) is 4.56. The fourth-order valence-corrected chi connectivity index (χ4v) is 3.94. The van der Waals surface area contributed by atoms with Gasteiger partial charge < -0.3 is 9.84 Å². The van der Waals surface area contributed by atoms with E-state index < -0.39 is 0 Å². The van der Waals surface area contributed by atoms with Gasteiger partial charge in [0, 0.05) is 5.41 Å². The Hall–Kier alpha value is -1.97. The highest BCUT2D eigenvalue weighted by molar-refractivity contribution is 5.84. The minimum absolute atomic E-state index is 0.0385. The number of aliphatic hydroxyl groups excluding tert-OH is 1. The van der Waals surface area contributed by atoms with Crippen LogP contribution in [0, 0.1) is 17.8 Å². The quantitative estimate of drug-likeness (QED) is 0.837. The van der Waals surface area contributed by atoms with Crippen molar-refractivity contribution in [1.82, 2.24) is 0 Å². The van der Waals surface area contributed by atoms with Crippen LogP contribution in [0.5, 0.6) is 0 Å². The summed E-state index contributed by atoms with van der Waals surface area (Å²) >= 11 is 0. The molecule has 0 heterocycles. The first-order valence-electron chi connectivity index (χ1n) is 7.49. The van der Waals surface area contributed by atoms with Gasteiger partial charge in [-0.15, -0.1) is 0 Å². The molecule has 2 aliphatic carbocycles. The number of benzene rings is 1. The molecule has 2 aliphatic rings. The summed E-state index contributed by atoms with van der Waals surface area (Å²) < 4.78 is 5.17. The van der Waals surface area contributed by atoms with Crippen LogP contribution in [0.2, 0.25) is 0 Å². The number of carbonyl (C=O) groups is 1. The van der Waals surface area contributed by atoms with E-state index in [1.54, 1.807) is 0 Å². The summed E-state index contributed by atoms with van der Waals surface area (Å²) in [7, 11) is 0. The van der Waals surface area contributed by atoms with Gasteiger partial charge in [0.25, 0.3) is 0 Å². The largest absolute Gasteiger partial charge is 0.466 e. The second-order valence-electron chi connectivity index (χ2n) is 5.64. The topological polar surface area (TPSA) is 80.7 Å². The van der Waals surface area contributed by atoms with Crippen molar-refractivity contribution in [3.05, 3.63) is 35.4 Å². The normalized spacial score (nSPS) is 30.2. The van der Waals surface area contributed by atoms with Crippen molar-refractivity contribution in [2.24, 2.45) is 17.8 Å². The molecule has 2 fully saturated rings. The van der Waals surface area contributed by atoms with E-state index >= 15 is 0 Å². The lowest BCUT2D eigenvalue weighted by Crippen LogP contribution is -2.22. The van der Waals surface area contributed by atoms with Gasteiger partial charge in [0.15, 0.2) is 0 Å². The number of carbonyl (C=O) groups excluding carboxylic acids is 3. The van der Waals surface area contributed by atoms with Gasteiger partial charge in [0.05, 0.1) is 19.1 Å². The summed E-state index contributed by atoms with van der Waals surface area (Å²) in [5.74, 6) is 1.14. The molecule has 22 heavy (non-hydrogen) atoms. The molecule has 0 amide bonds. The molecule has 5 nitrogen and oxygen atoms in total. The lowest BCUT2D eigenvalue weighted by molar-refractivity contribution is -0.191. The minimum atomic E-state index is -0.0385. The van der Waals surface area contributed by atoms with Crippen molar-refractivity contribution in [3.8, 4) is 0 Å². The fraction of sp³-hybridized carbons (Fsp3) is 0.529. The zero-order valence-electron chi connectivity index (χ0n) is 12.7. The Kier molecular flexibility index (Phi) is 4.79. The third-order valence-corrected chi connectivity index (χ3v) is 4.87. The van der Waals surface area contributed by atoms with Gasteiger partial charge in [-0.05, 0) is 29.9 Å². The molecular weight excluding hydrogens is 284 g/mol. The number of fused-ring (bicyclic) bond motifs is 1. The van der Waals surface area contributed by atoms with E-state index in [0.29, 0.717) is 18.4 Å². The summed E-state index contributed by atoms with van der Waals surface area (Å²) in [5.41, 5.74) is 2.20. The van der Waals surface area contributed by atoms with Crippen molar-refractivity contribution >= 4 is 12.1 Å². The molecule has 0 aliphatic heterocycles. The van der Waals surface area contributed by atoms with Crippen LogP contribution in [0.25, 0.3) is 0 Å². The molecule has 2 unspecified atom stereocenters. The zero-order valence-corrected chi connectivity index (χ0v) is 12.7. The van der Waals surface area contributed by atoms with E-state index in [4.69, 9.17) is 19.4 Å². The Bertz CT molecular complexity index is 573. The Morgan fingerprint density at radius 2 is 1.86 bits per heavy atom. The molecule has 4 atom stereocenters. The van der Waals surface area contributed by atoms with Crippen LogP contribution in [0.15, 0.2) is 24.3 Å². The summed E-state index contributed by atoms with van der Waals surface area (Å²) in [4.78, 5) is 28.2. The van der Waals surface area contributed by atoms with E-state index in [1.165, 1.54) is 5.56 Å². The highest BCUT2D eigenvalue weighted by Gasteiger charge is 2.88. The predicted octanol–water partition coefficient (Wildman–Crippen LogP) is 1.68. The van der Waals surface area contributed by atoms with Gasteiger partial charge in [-0.25, -0.2) is 0 Å². The lowest BCUT2D eigenvalue weighted by atomic mass is 9.88. The van der Waals surface area contributed by atoms with Crippen LogP contribution in [0.4, 0.5) is 0 Å². The van der Waals surface area contributed by atoms with Crippen molar-refractivity contribution in [1.29, 1.82) is 0 Å². The second kappa shape index (κ2) is 6.42. The van der Waals surface area contributed by atoms with Gasteiger partial charge in [-0.2, -0.15) is 9.59 Å². The lowest BCUT2D eigenvalue weighted by Gasteiger charge is -2.17. The minimum Gasteiger partial charge on any atom is -0.466 e. The highest BCUT2D eigenvalue weighted by Crippen LogP contribution is 2.85. The van der Waals surface area contributed by atoms with E-state index in [1.807, 2.05) is 19.1 Å². The van der Waals surface area contributed by atoms with Crippen LogP contribution >= 0.6 is 0 Å². The number of aliphatic hydroxyl groups is 1. The molecular formula is C17H20O5. The predicted molar refractivity (Wildman–Crippen MR) is 76.4 cm³/mol. The number of hydrogen-bond acceptors (Lipinski definition) is 5. The average Bonchev–Trinajstić information content (AvgIpc) is 3.37. The Labute approximate surface area is 129 Å². The summed E-state index contributed by atoms with van der Waals surface area (Å²) in [5, 5.41) is 9.09. The maximum atomic E-state index is 11.9. The fourth-order valence-electron chi connectivity index (χ4n) is 3.94. The highest BCUT2D eigenvalue weighted by atomic mass is 16.5. The number of esters is 1. The van der Waals surface area contributed by atoms with Gasteiger partial charge >= 0.3 is 12.1 Å². The Morgan fingerprint density at radius 3 is 2.32 bits per heavy atom. The van der Waals surface area contributed by atoms with E-state index in [0.717, 1.165) is 12.0 Å². The first-order chi connectivity index (χ1) is 10.6. The number of ether oxygens (including phenoxy) is 1. The van der Waals surface area contributed by atoms with Crippen molar-refractivity contribution < 1.29 is 24.2 Å². The third kappa shape index (κ3) is 2.36. The van der Waals surface area contributed by atoms with Crippen molar-refractivity contribution in [3.63, 3.8) is 0 Å². The number of hydrogen-bond donors (Lipinski definition) is 1. The molecule has 118 valence electrons. The molecule has 3 rings (SSSR count). The zero-order chi connectivity index (χ0) is 16.3. The van der Waals surface area contributed by atoms with Gasteiger partial charge in [0.2, 0.25) is 0 Å². The molecule has 5 heteroatoms. The standard InChI is InChI=1S/C16H20O3.CO2/c1-3-12-13-14(15(18)19-4-2)16(12,13)11-7-5-10(9-17)6-8-11;2-1-3/h5-8,12-14,17H,3-4,9H2,1-2H3;/t12-,13?,14+,16?;/m1./s1. The van der Waals surface area contributed by atoms with Gasteiger partial charge in [-0.3, -0.25) is 4.79 Å². The van der Waals surface area contributed by atoms with Crippen LogP contribution in [-0.4, -0.2) is 23.8 Å². The average molecular weight is 304 g/mol. The monoisotopic (exact) mass is 304 g/mol. The van der Waals surface area contributed by atoms with Gasteiger partial charge in [-0.1, -0.05) is 37.6 Å². The first-order valence-corrected chi connectivity index (χ1v) is 7.49. The number of rotatable bonds is 5.